The third-order valence-corrected chi connectivity index (χ3v) is 5.14. The van der Waals surface area contributed by atoms with Crippen LogP contribution in [0.3, 0.4) is 0 Å². The molecule has 3 heterocycles. The summed E-state index contributed by atoms with van der Waals surface area (Å²) < 4.78 is 1.75. The highest BCUT2D eigenvalue weighted by Crippen LogP contribution is 2.14. The molecule has 0 spiro atoms. The molecule has 4 rings (SSSR count). The van der Waals surface area contributed by atoms with Gasteiger partial charge in [-0.05, 0) is 31.2 Å². The first kappa shape index (κ1) is 18.9. The summed E-state index contributed by atoms with van der Waals surface area (Å²) in [5.74, 6) is 0.795. The standard InChI is InChI=1S/C21H24N6O2/c1-16-2-4-17(5-3-16)21(29)23-9-8-20(28)26-14-12-25(13-15-26)19-7-6-18-22-10-11-27(18)24-19/h2-7,10-11H,8-9,12-15H2,1H3,(H,23,29). The normalized spacial score (nSPS) is 14.2. The van der Waals surface area contributed by atoms with Gasteiger partial charge in [-0.2, -0.15) is 0 Å². The Hall–Kier alpha value is -3.42. The molecule has 0 atom stereocenters. The van der Waals surface area contributed by atoms with Crippen LogP contribution in [0.1, 0.15) is 22.3 Å². The van der Waals surface area contributed by atoms with Gasteiger partial charge in [-0.3, -0.25) is 9.59 Å². The fraction of sp³-hybridized carbons (Fsp3) is 0.333. The number of nitrogens with one attached hydrogen (secondary N) is 1. The van der Waals surface area contributed by atoms with E-state index in [9.17, 15) is 9.59 Å². The van der Waals surface area contributed by atoms with Crippen molar-refractivity contribution in [2.45, 2.75) is 13.3 Å². The Morgan fingerprint density at radius 1 is 1.03 bits per heavy atom. The Bertz CT molecular complexity index is 1010. The van der Waals surface area contributed by atoms with Gasteiger partial charge in [0.1, 0.15) is 5.82 Å². The molecule has 1 saturated heterocycles. The molecule has 0 unspecified atom stereocenters. The highest BCUT2D eigenvalue weighted by atomic mass is 16.2. The second-order valence-electron chi connectivity index (χ2n) is 7.16. The van der Waals surface area contributed by atoms with E-state index in [1.807, 2.05) is 42.3 Å². The molecule has 1 aliphatic heterocycles. The molecule has 3 aromatic rings. The van der Waals surface area contributed by atoms with Gasteiger partial charge < -0.3 is 15.1 Å². The number of nitrogens with zero attached hydrogens (tertiary/aromatic N) is 5. The number of fused-ring (bicyclic) bond motifs is 1. The Morgan fingerprint density at radius 3 is 2.55 bits per heavy atom. The van der Waals surface area contributed by atoms with E-state index >= 15 is 0 Å². The molecule has 1 fully saturated rings. The van der Waals surface area contributed by atoms with Crippen molar-refractivity contribution in [3.8, 4) is 0 Å². The highest BCUT2D eigenvalue weighted by Gasteiger charge is 2.22. The van der Waals surface area contributed by atoms with Gasteiger partial charge in [0, 0.05) is 57.1 Å². The van der Waals surface area contributed by atoms with Crippen LogP contribution >= 0.6 is 0 Å². The highest BCUT2D eigenvalue weighted by molar-refractivity contribution is 5.94. The van der Waals surface area contributed by atoms with Gasteiger partial charge in [0.25, 0.3) is 5.91 Å². The summed E-state index contributed by atoms with van der Waals surface area (Å²) in [6.07, 6.45) is 3.85. The van der Waals surface area contributed by atoms with Crippen molar-refractivity contribution in [3.05, 3.63) is 59.9 Å². The summed E-state index contributed by atoms with van der Waals surface area (Å²) in [7, 11) is 0. The molecule has 150 valence electrons. The predicted octanol–water partition coefficient (Wildman–Crippen LogP) is 1.51. The molecular formula is C21H24N6O2. The zero-order chi connectivity index (χ0) is 20.2. The van der Waals surface area contributed by atoms with E-state index in [0.717, 1.165) is 30.1 Å². The first-order valence-electron chi connectivity index (χ1n) is 9.78. The third-order valence-electron chi connectivity index (χ3n) is 5.14. The molecule has 2 amide bonds. The number of aromatic nitrogens is 3. The fourth-order valence-corrected chi connectivity index (χ4v) is 3.41. The summed E-state index contributed by atoms with van der Waals surface area (Å²) in [5.41, 5.74) is 2.53. The van der Waals surface area contributed by atoms with E-state index in [2.05, 4.69) is 20.3 Å². The first-order chi connectivity index (χ1) is 14.1. The Morgan fingerprint density at radius 2 is 1.79 bits per heavy atom. The number of hydrogen-bond acceptors (Lipinski definition) is 5. The number of aryl methyl sites for hydroxylation is 1. The number of anilines is 1. The van der Waals surface area contributed by atoms with Crippen molar-refractivity contribution in [2.24, 2.45) is 0 Å². The van der Waals surface area contributed by atoms with E-state index in [0.29, 0.717) is 31.6 Å². The van der Waals surface area contributed by atoms with Crippen molar-refractivity contribution in [3.63, 3.8) is 0 Å². The number of carbonyl (C=O) groups is 2. The van der Waals surface area contributed by atoms with E-state index in [4.69, 9.17) is 0 Å². The minimum atomic E-state index is -0.149. The number of imidazole rings is 1. The number of carbonyl (C=O) groups excluding carboxylic acids is 2. The molecule has 0 saturated carbocycles. The van der Waals surface area contributed by atoms with Gasteiger partial charge >= 0.3 is 0 Å². The maximum Gasteiger partial charge on any atom is 0.251 e. The predicted molar refractivity (Wildman–Crippen MR) is 110 cm³/mol. The summed E-state index contributed by atoms with van der Waals surface area (Å²) in [4.78, 5) is 32.8. The van der Waals surface area contributed by atoms with Crippen LogP contribution in [0.2, 0.25) is 0 Å². The summed E-state index contributed by atoms with van der Waals surface area (Å²) >= 11 is 0. The van der Waals surface area contributed by atoms with Gasteiger partial charge in [-0.25, -0.2) is 9.50 Å². The number of amides is 2. The SMILES string of the molecule is Cc1ccc(C(=O)NCCC(=O)N2CCN(c3ccc4nccn4n3)CC2)cc1. The molecule has 1 aliphatic rings. The number of hydrogen-bond donors (Lipinski definition) is 1. The second kappa shape index (κ2) is 8.30. The van der Waals surface area contributed by atoms with Crippen molar-refractivity contribution >= 4 is 23.3 Å². The summed E-state index contributed by atoms with van der Waals surface area (Å²) in [5, 5.41) is 7.38. The molecule has 2 aromatic heterocycles. The molecule has 1 aromatic carbocycles. The van der Waals surface area contributed by atoms with Crippen LogP contribution in [-0.4, -0.2) is 64.0 Å². The molecule has 0 bridgehead atoms. The van der Waals surface area contributed by atoms with Gasteiger partial charge in [-0.15, -0.1) is 5.10 Å². The van der Waals surface area contributed by atoms with E-state index in [1.165, 1.54) is 0 Å². The summed E-state index contributed by atoms with van der Waals surface area (Å²) in [6.45, 7) is 5.07. The second-order valence-corrected chi connectivity index (χ2v) is 7.16. The van der Waals surface area contributed by atoms with Crippen LogP contribution in [0.5, 0.6) is 0 Å². The van der Waals surface area contributed by atoms with Crippen LogP contribution in [0, 0.1) is 6.92 Å². The average Bonchev–Trinajstić information content (AvgIpc) is 3.22. The molecule has 8 nitrogen and oxygen atoms in total. The smallest absolute Gasteiger partial charge is 0.251 e. The lowest BCUT2D eigenvalue weighted by molar-refractivity contribution is -0.131. The molecule has 8 heteroatoms. The van der Waals surface area contributed by atoms with Crippen LogP contribution in [0.25, 0.3) is 5.65 Å². The van der Waals surface area contributed by atoms with Crippen molar-refractivity contribution in [1.82, 2.24) is 24.8 Å². The first-order valence-corrected chi connectivity index (χ1v) is 9.78. The third kappa shape index (κ3) is 4.37. The molecular weight excluding hydrogens is 368 g/mol. The maximum absolute atomic E-state index is 12.5. The molecule has 29 heavy (non-hydrogen) atoms. The van der Waals surface area contributed by atoms with Crippen molar-refractivity contribution in [1.29, 1.82) is 0 Å². The van der Waals surface area contributed by atoms with Crippen LogP contribution < -0.4 is 10.2 Å². The van der Waals surface area contributed by atoms with Crippen molar-refractivity contribution < 1.29 is 9.59 Å². The zero-order valence-electron chi connectivity index (χ0n) is 16.4. The van der Waals surface area contributed by atoms with E-state index < -0.39 is 0 Å². The van der Waals surface area contributed by atoms with Crippen LogP contribution in [0.15, 0.2) is 48.8 Å². The van der Waals surface area contributed by atoms with Gasteiger partial charge in [0.2, 0.25) is 5.91 Å². The molecule has 0 aliphatic carbocycles. The Balaban J connectivity index is 1.23. The fourth-order valence-electron chi connectivity index (χ4n) is 3.41. The topological polar surface area (TPSA) is 82.8 Å². The van der Waals surface area contributed by atoms with Crippen LogP contribution in [-0.2, 0) is 4.79 Å². The summed E-state index contributed by atoms with van der Waals surface area (Å²) in [6, 6.07) is 11.3. The Labute approximate surface area is 169 Å². The number of piperazine rings is 1. The van der Waals surface area contributed by atoms with Crippen molar-refractivity contribution in [2.75, 3.05) is 37.6 Å². The lowest BCUT2D eigenvalue weighted by Crippen LogP contribution is -2.49. The lowest BCUT2D eigenvalue weighted by Gasteiger charge is -2.35. The lowest BCUT2D eigenvalue weighted by atomic mass is 10.1. The quantitative estimate of drug-likeness (QED) is 0.712. The van der Waals surface area contributed by atoms with Gasteiger partial charge in [-0.1, -0.05) is 17.7 Å². The zero-order valence-corrected chi connectivity index (χ0v) is 16.4. The largest absolute Gasteiger partial charge is 0.352 e. The Kier molecular flexibility index (Phi) is 5.41. The monoisotopic (exact) mass is 392 g/mol. The molecule has 0 radical (unpaired) electrons. The van der Waals surface area contributed by atoms with Crippen LogP contribution in [0.4, 0.5) is 5.82 Å². The minimum absolute atomic E-state index is 0.0619. The van der Waals surface area contributed by atoms with Gasteiger partial charge in [0.15, 0.2) is 5.65 Å². The average molecular weight is 392 g/mol. The number of benzene rings is 1. The maximum atomic E-state index is 12.5. The molecule has 1 N–H and O–H groups in total. The van der Waals surface area contributed by atoms with E-state index in [-0.39, 0.29) is 11.8 Å². The van der Waals surface area contributed by atoms with E-state index in [1.54, 1.807) is 22.8 Å². The minimum Gasteiger partial charge on any atom is -0.352 e. The number of rotatable bonds is 5. The van der Waals surface area contributed by atoms with Gasteiger partial charge in [0.05, 0.1) is 0 Å².